The normalized spacial score (nSPS) is 17.2. The van der Waals surface area contributed by atoms with Gasteiger partial charge in [-0.25, -0.2) is 4.57 Å². The van der Waals surface area contributed by atoms with E-state index in [9.17, 15) is 0 Å². The van der Waals surface area contributed by atoms with Crippen molar-refractivity contribution in [2.24, 2.45) is 7.05 Å². The Hall–Kier alpha value is -2.87. The van der Waals surface area contributed by atoms with E-state index in [0.29, 0.717) is 5.92 Å². The fourth-order valence-electron chi connectivity index (χ4n) is 6.61. The molecule has 0 bridgehead atoms. The highest BCUT2D eigenvalue weighted by Gasteiger charge is 2.34. The Labute approximate surface area is 183 Å². The number of aryl methyl sites for hydroxylation is 4. The van der Waals surface area contributed by atoms with Crippen molar-refractivity contribution in [3.05, 3.63) is 64.8 Å². The quantitative estimate of drug-likeness (QED) is 0.272. The number of hydrogen-bond acceptors (Lipinski definition) is 1. The first kappa shape index (κ1) is 17.8. The molecular weight excluding hydrogens is 378 g/mol. The molecule has 1 fully saturated rings. The van der Waals surface area contributed by atoms with Crippen LogP contribution in [0.25, 0.3) is 32.8 Å². The summed E-state index contributed by atoms with van der Waals surface area (Å²) in [6, 6.07) is 13.9. The van der Waals surface area contributed by atoms with Gasteiger partial charge in [0.2, 0.25) is 5.69 Å². The molecule has 2 nitrogen and oxygen atoms in total. The number of benzene rings is 3. The summed E-state index contributed by atoms with van der Waals surface area (Å²) >= 11 is 0. The molecule has 0 spiro atoms. The fourth-order valence-corrected chi connectivity index (χ4v) is 6.61. The number of fused-ring (bicyclic) bond motifs is 3. The molecule has 0 atom stereocenters. The average molecular weight is 407 g/mol. The monoisotopic (exact) mass is 406 g/mol. The minimum Gasteiger partial charge on any atom is -0.455 e. The Bertz CT molecular complexity index is 1410. The van der Waals surface area contributed by atoms with Gasteiger partial charge in [0.1, 0.15) is 18.5 Å². The van der Waals surface area contributed by atoms with Gasteiger partial charge in [0.15, 0.2) is 6.20 Å². The number of aromatic nitrogens is 1. The minimum atomic E-state index is 0.686. The van der Waals surface area contributed by atoms with Gasteiger partial charge in [0.05, 0.1) is 10.9 Å². The van der Waals surface area contributed by atoms with Crippen LogP contribution in [-0.2, 0) is 19.9 Å². The van der Waals surface area contributed by atoms with Crippen LogP contribution in [0.3, 0.4) is 0 Å². The SMILES string of the molecule is Cc1c2c(c3c4c(cccc14)CCC3)Oc1cc(C3CCCC3)cc3cc[n+](C)c-2c13. The molecule has 2 heterocycles. The van der Waals surface area contributed by atoms with Crippen LogP contribution in [0.4, 0.5) is 0 Å². The zero-order valence-corrected chi connectivity index (χ0v) is 18.4. The predicted octanol–water partition coefficient (Wildman–Crippen LogP) is 7.04. The summed E-state index contributed by atoms with van der Waals surface area (Å²) in [6.07, 6.45) is 11.1. The second-order valence-electron chi connectivity index (χ2n) is 9.84. The highest BCUT2D eigenvalue weighted by atomic mass is 16.5. The maximum absolute atomic E-state index is 6.89. The lowest BCUT2D eigenvalue weighted by atomic mass is 9.82. The number of rotatable bonds is 1. The van der Waals surface area contributed by atoms with Crippen molar-refractivity contribution in [2.75, 3.05) is 0 Å². The van der Waals surface area contributed by atoms with Gasteiger partial charge >= 0.3 is 0 Å². The third kappa shape index (κ3) is 2.36. The lowest BCUT2D eigenvalue weighted by molar-refractivity contribution is -0.659. The number of pyridine rings is 1. The molecule has 1 aromatic heterocycles. The summed E-state index contributed by atoms with van der Waals surface area (Å²) in [4.78, 5) is 0. The Kier molecular flexibility index (Phi) is 3.62. The summed E-state index contributed by atoms with van der Waals surface area (Å²) < 4.78 is 9.20. The van der Waals surface area contributed by atoms with Crippen LogP contribution < -0.4 is 9.30 Å². The molecule has 1 aliphatic heterocycles. The van der Waals surface area contributed by atoms with E-state index in [2.05, 4.69) is 61.1 Å². The van der Waals surface area contributed by atoms with E-state index in [4.69, 9.17) is 4.74 Å². The van der Waals surface area contributed by atoms with Crippen LogP contribution >= 0.6 is 0 Å². The fraction of sp³-hybridized carbons (Fsp3) is 0.345. The van der Waals surface area contributed by atoms with Crippen molar-refractivity contribution in [3.63, 3.8) is 0 Å². The van der Waals surface area contributed by atoms with Crippen molar-refractivity contribution in [1.82, 2.24) is 0 Å². The van der Waals surface area contributed by atoms with Gasteiger partial charge in [-0.15, -0.1) is 0 Å². The van der Waals surface area contributed by atoms with Crippen LogP contribution in [0.2, 0.25) is 0 Å². The standard InChI is InChI=1S/C29H28NO/c1-17-22-11-5-9-19-10-6-12-23(26(19)22)29-25(17)28-27-20(13-14-30(28)2)15-21(16-24(27)31-29)18-7-3-4-8-18/h5,9,11,13-16,18H,3-4,6-8,10,12H2,1-2H3/q+1. The van der Waals surface area contributed by atoms with Crippen molar-refractivity contribution >= 4 is 21.5 Å². The maximum atomic E-state index is 6.89. The molecule has 3 aliphatic rings. The molecule has 0 unspecified atom stereocenters. The highest BCUT2D eigenvalue weighted by Crippen LogP contribution is 2.53. The Morgan fingerprint density at radius 3 is 2.71 bits per heavy atom. The minimum absolute atomic E-state index is 0.686. The number of hydrogen-bond donors (Lipinski definition) is 0. The molecule has 0 N–H and O–H groups in total. The van der Waals surface area contributed by atoms with E-state index in [1.165, 1.54) is 93.6 Å². The van der Waals surface area contributed by atoms with Crippen molar-refractivity contribution in [2.45, 2.75) is 57.8 Å². The van der Waals surface area contributed by atoms with Gasteiger partial charge in [0.25, 0.3) is 0 Å². The van der Waals surface area contributed by atoms with E-state index in [-0.39, 0.29) is 0 Å². The summed E-state index contributed by atoms with van der Waals surface area (Å²) in [5, 5.41) is 5.45. The molecule has 3 aromatic carbocycles. The average Bonchev–Trinajstić information content (AvgIpc) is 3.34. The molecule has 2 heteroatoms. The molecule has 2 aliphatic carbocycles. The topological polar surface area (TPSA) is 13.1 Å². The Morgan fingerprint density at radius 1 is 0.968 bits per heavy atom. The van der Waals surface area contributed by atoms with Gasteiger partial charge < -0.3 is 4.74 Å². The van der Waals surface area contributed by atoms with E-state index in [0.717, 1.165) is 17.9 Å². The molecule has 0 saturated heterocycles. The number of ether oxygens (including phenoxy) is 1. The predicted molar refractivity (Wildman–Crippen MR) is 126 cm³/mol. The highest BCUT2D eigenvalue weighted by molar-refractivity contribution is 6.07. The molecule has 4 aromatic rings. The third-order valence-electron chi connectivity index (χ3n) is 8.10. The lowest BCUT2D eigenvalue weighted by Crippen LogP contribution is -2.32. The van der Waals surface area contributed by atoms with Gasteiger partial charge in [-0.05, 0) is 83.9 Å². The molecule has 0 amide bonds. The largest absolute Gasteiger partial charge is 0.455 e. The first-order valence-corrected chi connectivity index (χ1v) is 11.9. The van der Waals surface area contributed by atoms with Crippen molar-refractivity contribution in [3.8, 4) is 22.8 Å². The first-order chi connectivity index (χ1) is 15.2. The van der Waals surface area contributed by atoms with E-state index < -0.39 is 0 Å². The van der Waals surface area contributed by atoms with Gasteiger partial charge in [-0.1, -0.05) is 37.1 Å². The zero-order valence-electron chi connectivity index (χ0n) is 18.4. The molecule has 0 radical (unpaired) electrons. The van der Waals surface area contributed by atoms with E-state index in [1.807, 2.05) is 0 Å². The van der Waals surface area contributed by atoms with Crippen molar-refractivity contribution in [1.29, 1.82) is 0 Å². The smallest absolute Gasteiger partial charge is 0.228 e. The Morgan fingerprint density at radius 2 is 1.84 bits per heavy atom. The Balaban J connectivity index is 1.60. The van der Waals surface area contributed by atoms with Crippen LogP contribution in [0.15, 0.2) is 42.6 Å². The van der Waals surface area contributed by atoms with Crippen LogP contribution in [0.5, 0.6) is 11.5 Å². The van der Waals surface area contributed by atoms with Gasteiger partial charge in [-0.2, -0.15) is 0 Å². The molecule has 31 heavy (non-hydrogen) atoms. The second kappa shape index (κ2) is 6.32. The van der Waals surface area contributed by atoms with Gasteiger partial charge in [-0.3, -0.25) is 0 Å². The van der Waals surface area contributed by atoms with E-state index in [1.54, 1.807) is 0 Å². The number of nitrogens with zero attached hydrogens (tertiary/aromatic N) is 1. The van der Waals surface area contributed by atoms with Crippen molar-refractivity contribution < 1.29 is 9.30 Å². The van der Waals surface area contributed by atoms with E-state index >= 15 is 0 Å². The summed E-state index contributed by atoms with van der Waals surface area (Å²) in [5.41, 5.74) is 8.35. The molecule has 154 valence electrons. The maximum Gasteiger partial charge on any atom is 0.228 e. The molecular formula is C29H28NO+. The van der Waals surface area contributed by atoms with Crippen LogP contribution in [0.1, 0.15) is 60.3 Å². The third-order valence-corrected chi connectivity index (χ3v) is 8.10. The summed E-state index contributed by atoms with van der Waals surface area (Å²) in [7, 11) is 2.18. The van der Waals surface area contributed by atoms with Crippen LogP contribution in [-0.4, -0.2) is 0 Å². The molecule has 1 saturated carbocycles. The lowest BCUT2D eigenvalue weighted by Gasteiger charge is -2.28. The second-order valence-corrected chi connectivity index (χ2v) is 9.84. The molecule has 7 rings (SSSR count). The zero-order chi connectivity index (χ0) is 20.7. The van der Waals surface area contributed by atoms with Crippen LogP contribution in [0, 0.1) is 6.92 Å². The summed E-state index contributed by atoms with van der Waals surface area (Å²) in [5.74, 6) is 2.87. The summed E-state index contributed by atoms with van der Waals surface area (Å²) in [6.45, 7) is 2.29. The first-order valence-electron chi connectivity index (χ1n) is 11.9. The van der Waals surface area contributed by atoms with Gasteiger partial charge in [0, 0.05) is 11.6 Å².